The molecular formula is C20H19BrFN3OS. The Morgan fingerprint density at radius 1 is 1.19 bits per heavy atom. The van der Waals surface area contributed by atoms with Gasteiger partial charge in [0.2, 0.25) is 0 Å². The lowest BCUT2D eigenvalue weighted by Crippen LogP contribution is -2.12. The van der Waals surface area contributed by atoms with Crippen molar-refractivity contribution in [1.82, 2.24) is 14.8 Å². The summed E-state index contributed by atoms with van der Waals surface area (Å²) in [4.78, 5) is 0. The van der Waals surface area contributed by atoms with Gasteiger partial charge in [-0.15, -0.1) is 16.8 Å². The van der Waals surface area contributed by atoms with Crippen molar-refractivity contribution >= 4 is 27.7 Å². The second kappa shape index (κ2) is 9.19. The highest BCUT2D eigenvalue weighted by atomic mass is 79.9. The van der Waals surface area contributed by atoms with Crippen molar-refractivity contribution in [3.8, 4) is 5.75 Å². The molecule has 27 heavy (non-hydrogen) atoms. The van der Waals surface area contributed by atoms with Gasteiger partial charge in [0.15, 0.2) is 17.1 Å². The number of benzene rings is 2. The fourth-order valence-electron chi connectivity index (χ4n) is 2.51. The van der Waals surface area contributed by atoms with E-state index in [9.17, 15) is 4.39 Å². The van der Waals surface area contributed by atoms with Gasteiger partial charge in [-0.1, -0.05) is 45.9 Å². The van der Waals surface area contributed by atoms with E-state index in [4.69, 9.17) is 4.74 Å². The Bertz CT molecular complexity index is 897. The van der Waals surface area contributed by atoms with Gasteiger partial charge in [0.1, 0.15) is 11.6 Å². The van der Waals surface area contributed by atoms with E-state index in [1.165, 1.54) is 12.1 Å². The first-order valence-electron chi connectivity index (χ1n) is 8.40. The SMILES string of the molecule is C=CCn1c(SCc2ccc(F)cc2)nnc1C(C)Oc1ccc(Br)cc1. The minimum Gasteiger partial charge on any atom is -0.483 e. The van der Waals surface area contributed by atoms with E-state index in [1.54, 1.807) is 30.0 Å². The molecule has 3 rings (SSSR count). The fourth-order valence-corrected chi connectivity index (χ4v) is 3.68. The van der Waals surface area contributed by atoms with Gasteiger partial charge in [-0.25, -0.2) is 4.39 Å². The van der Waals surface area contributed by atoms with Crippen molar-refractivity contribution in [2.24, 2.45) is 0 Å². The zero-order valence-electron chi connectivity index (χ0n) is 14.8. The highest BCUT2D eigenvalue weighted by Crippen LogP contribution is 2.27. The summed E-state index contributed by atoms with van der Waals surface area (Å²) >= 11 is 4.97. The second-order valence-electron chi connectivity index (χ2n) is 5.87. The molecule has 4 nitrogen and oxygen atoms in total. The van der Waals surface area contributed by atoms with Crippen LogP contribution in [0.5, 0.6) is 5.75 Å². The number of ether oxygens (including phenoxy) is 1. The molecule has 1 heterocycles. The van der Waals surface area contributed by atoms with Gasteiger partial charge < -0.3 is 4.74 Å². The maximum Gasteiger partial charge on any atom is 0.191 e. The third-order valence-corrected chi connectivity index (χ3v) is 5.39. The van der Waals surface area contributed by atoms with Crippen LogP contribution < -0.4 is 4.74 Å². The normalized spacial score (nSPS) is 12.0. The summed E-state index contributed by atoms with van der Waals surface area (Å²) in [7, 11) is 0. The van der Waals surface area contributed by atoms with E-state index in [-0.39, 0.29) is 11.9 Å². The van der Waals surface area contributed by atoms with E-state index in [0.717, 1.165) is 26.8 Å². The van der Waals surface area contributed by atoms with E-state index in [0.29, 0.717) is 12.3 Å². The first-order chi connectivity index (χ1) is 13.1. The number of thioether (sulfide) groups is 1. The number of nitrogens with zero attached hydrogens (tertiary/aromatic N) is 3. The fraction of sp³-hybridized carbons (Fsp3) is 0.200. The first-order valence-corrected chi connectivity index (χ1v) is 10.2. The van der Waals surface area contributed by atoms with Gasteiger partial charge in [-0.05, 0) is 48.9 Å². The lowest BCUT2D eigenvalue weighted by atomic mass is 10.2. The summed E-state index contributed by atoms with van der Waals surface area (Å²) in [6, 6.07) is 14.1. The molecule has 0 bridgehead atoms. The first kappa shape index (κ1) is 19.6. The van der Waals surface area contributed by atoms with Gasteiger partial charge >= 0.3 is 0 Å². The Hall–Kier alpha value is -2.12. The predicted octanol–water partition coefficient (Wildman–Crippen LogP) is 5.80. The van der Waals surface area contributed by atoms with Crippen LogP contribution in [0, 0.1) is 5.82 Å². The molecule has 1 atom stereocenters. The van der Waals surface area contributed by atoms with Gasteiger partial charge in [0.05, 0.1) is 0 Å². The number of halogens is 2. The highest BCUT2D eigenvalue weighted by Gasteiger charge is 2.19. The third kappa shape index (κ3) is 5.20. The molecule has 0 fully saturated rings. The Kier molecular flexibility index (Phi) is 6.68. The number of allylic oxidation sites excluding steroid dienone is 1. The topological polar surface area (TPSA) is 39.9 Å². The van der Waals surface area contributed by atoms with Crippen LogP contribution in [0.15, 0.2) is 70.8 Å². The lowest BCUT2D eigenvalue weighted by Gasteiger charge is -2.15. The zero-order chi connectivity index (χ0) is 19.2. The summed E-state index contributed by atoms with van der Waals surface area (Å²) in [5, 5.41) is 9.41. The molecule has 0 aliphatic carbocycles. The quantitative estimate of drug-likeness (QED) is 0.323. The largest absolute Gasteiger partial charge is 0.483 e. The molecule has 0 N–H and O–H groups in total. The van der Waals surface area contributed by atoms with Crippen LogP contribution in [0.25, 0.3) is 0 Å². The van der Waals surface area contributed by atoms with E-state index >= 15 is 0 Å². The van der Waals surface area contributed by atoms with Crippen LogP contribution in [-0.4, -0.2) is 14.8 Å². The molecule has 1 unspecified atom stereocenters. The maximum absolute atomic E-state index is 13.0. The zero-order valence-corrected chi connectivity index (χ0v) is 17.2. The van der Waals surface area contributed by atoms with E-state index in [1.807, 2.05) is 35.8 Å². The molecule has 0 spiro atoms. The number of hydrogen-bond acceptors (Lipinski definition) is 4. The summed E-state index contributed by atoms with van der Waals surface area (Å²) in [6.45, 7) is 6.36. The van der Waals surface area contributed by atoms with Crippen molar-refractivity contribution < 1.29 is 9.13 Å². The van der Waals surface area contributed by atoms with E-state index < -0.39 is 0 Å². The van der Waals surface area contributed by atoms with Crippen LogP contribution in [0.2, 0.25) is 0 Å². The smallest absolute Gasteiger partial charge is 0.191 e. The molecular weight excluding hydrogens is 429 g/mol. The summed E-state index contributed by atoms with van der Waals surface area (Å²) < 4.78 is 22.0. The number of hydrogen-bond donors (Lipinski definition) is 0. The molecule has 2 aromatic carbocycles. The molecule has 140 valence electrons. The van der Waals surface area contributed by atoms with Crippen molar-refractivity contribution in [2.75, 3.05) is 0 Å². The molecule has 0 saturated carbocycles. The number of rotatable bonds is 8. The van der Waals surface area contributed by atoms with Gasteiger partial charge in [-0.3, -0.25) is 4.57 Å². The minimum absolute atomic E-state index is 0.236. The predicted molar refractivity (Wildman–Crippen MR) is 109 cm³/mol. The Morgan fingerprint density at radius 3 is 2.56 bits per heavy atom. The minimum atomic E-state index is -0.265. The molecule has 0 aliphatic heterocycles. The Labute approximate surface area is 170 Å². The molecule has 0 aliphatic rings. The van der Waals surface area contributed by atoms with Gasteiger partial charge in [0.25, 0.3) is 0 Å². The lowest BCUT2D eigenvalue weighted by molar-refractivity contribution is 0.210. The molecule has 1 aromatic heterocycles. The van der Waals surface area contributed by atoms with Crippen LogP contribution in [0.4, 0.5) is 4.39 Å². The van der Waals surface area contributed by atoms with Gasteiger partial charge in [0, 0.05) is 16.8 Å². The van der Waals surface area contributed by atoms with Crippen LogP contribution >= 0.6 is 27.7 Å². The Morgan fingerprint density at radius 2 is 1.89 bits per heavy atom. The van der Waals surface area contributed by atoms with Gasteiger partial charge in [-0.2, -0.15) is 0 Å². The summed E-state index contributed by atoms with van der Waals surface area (Å²) in [5.74, 6) is 1.94. The van der Waals surface area contributed by atoms with Crippen LogP contribution in [-0.2, 0) is 12.3 Å². The third-order valence-electron chi connectivity index (χ3n) is 3.83. The molecule has 0 saturated heterocycles. The summed E-state index contributed by atoms with van der Waals surface area (Å²) in [5.41, 5.74) is 1.02. The Balaban J connectivity index is 1.74. The average molecular weight is 448 g/mol. The number of aromatic nitrogens is 3. The van der Waals surface area contributed by atoms with Crippen molar-refractivity contribution in [3.05, 3.63) is 82.9 Å². The maximum atomic E-state index is 13.0. The molecule has 7 heteroatoms. The van der Waals surface area contributed by atoms with Crippen molar-refractivity contribution in [3.63, 3.8) is 0 Å². The highest BCUT2D eigenvalue weighted by molar-refractivity contribution is 9.10. The molecule has 0 amide bonds. The average Bonchev–Trinajstić information content (AvgIpc) is 3.06. The van der Waals surface area contributed by atoms with Crippen molar-refractivity contribution in [2.45, 2.75) is 30.5 Å². The molecule has 0 radical (unpaired) electrons. The van der Waals surface area contributed by atoms with Crippen molar-refractivity contribution in [1.29, 1.82) is 0 Å². The van der Waals surface area contributed by atoms with E-state index in [2.05, 4.69) is 32.7 Å². The van der Waals surface area contributed by atoms with Crippen LogP contribution in [0.1, 0.15) is 24.4 Å². The summed E-state index contributed by atoms with van der Waals surface area (Å²) in [6.07, 6.45) is 1.54. The monoisotopic (exact) mass is 447 g/mol. The second-order valence-corrected chi connectivity index (χ2v) is 7.73. The van der Waals surface area contributed by atoms with Crippen LogP contribution in [0.3, 0.4) is 0 Å². The standard InChI is InChI=1S/C20H19BrFN3OS/c1-3-12-25-19(14(2)26-18-10-6-16(21)7-11-18)23-24-20(25)27-13-15-4-8-17(22)9-5-15/h3-11,14H,1,12-13H2,2H3. The molecule has 3 aromatic rings.